The summed E-state index contributed by atoms with van der Waals surface area (Å²) in [4.78, 5) is 29.0. The van der Waals surface area contributed by atoms with E-state index in [0.717, 1.165) is 0 Å². The Kier molecular flexibility index (Phi) is 4.30. The van der Waals surface area contributed by atoms with Crippen molar-refractivity contribution in [1.82, 2.24) is 9.88 Å². The Bertz CT molecular complexity index is 532. The number of nitrogens with one attached hydrogen (secondary N) is 1. The van der Waals surface area contributed by atoms with E-state index < -0.39 is 17.5 Å². The van der Waals surface area contributed by atoms with Gasteiger partial charge in [0.2, 0.25) is 5.88 Å². The molecule has 1 aromatic rings. The van der Waals surface area contributed by atoms with Gasteiger partial charge in [0.05, 0.1) is 18.5 Å². The molecular weight excluding hydrogens is 274 g/mol. The Morgan fingerprint density at radius 2 is 2.29 bits per heavy atom. The van der Waals surface area contributed by atoms with Crippen molar-refractivity contribution in [1.29, 1.82) is 0 Å². The maximum Gasteiger partial charge on any atom is 0.329 e. The number of aliphatic carboxylic acids is 1. The lowest BCUT2D eigenvalue weighted by molar-refractivity contribution is -0.146. The zero-order valence-electron chi connectivity index (χ0n) is 12.1. The van der Waals surface area contributed by atoms with Gasteiger partial charge in [0.25, 0.3) is 0 Å². The molecule has 0 aliphatic carbocycles. The molecule has 2 amide bonds. The molecule has 1 saturated heterocycles. The number of amides is 2. The summed E-state index contributed by atoms with van der Waals surface area (Å²) in [6.07, 6.45) is 2.62. The van der Waals surface area contributed by atoms with Crippen LogP contribution < -0.4 is 10.1 Å². The number of carbonyl (C=O) groups is 2. The fourth-order valence-corrected chi connectivity index (χ4v) is 2.39. The normalized spacial score (nSPS) is 21.1. The van der Waals surface area contributed by atoms with Crippen molar-refractivity contribution < 1.29 is 19.4 Å². The van der Waals surface area contributed by atoms with Crippen LogP contribution in [0.5, 0.6) is 5.88 Å². The van der Waals surface area contributed by atoms with Crippen LogP contribution in [0.25, 0.3) is 0 Å². The molecule has 1 aliphatic rings. The molecule has 1 aliphatic heterocycles. The second-order valence-electron chi connectivity index (χ2n) is 5.08. The van der Waals surface area contributed by atoms with E-state index in [0.29, 0.717) is 37.6 Å². The number of pyridine rings is 1. The SMILES string of the molecule is CCOc1ccc(NC(=O)N2CCCC2(C)C(=O)O)cn1. The zero-order valence-corrected chi connectivity index (χ0v) is 12.1. The lowest BCUT2D eigenvalue weighted by Gasteiger charge is -2.31. The molecule has 114 valence electrons. The van der Waals surface area contributed by atoms with Crippen molar-refractivity contribution in [3.63, 3.8) is 0 Å². The number of urea groups is 1. The van der Waals surface area contributed by atoms with Crippen LogP contribution in [-0.2, 0) is 4.79 Å². The third-order valence-electron chi connectivity index (χ3n) is 3.63. The van der Waals surface area contributed by atoms with Crippen LogP contribution in [0.3, 0.4) is 0 Å². The molecule has 0 aromatic carbocycles. The molecule has 0 spiro atoms. The minimum Gasteiger partial charge on any atom is -0.480 e. The van der Waals surface area contributed by atoms with Crippen LogP contribution in [-0.4, -0.2) is 45.7 Å². The van der Waals surface area contributed by atoms with Crippen molar-refractivity contribution in [2.24, 2.45) is 0 Å². The Morgan fingerprint density at radius 1 is 1.52 bits per heavy atom. The topological polar surface area (TPSA) is 91.8 Å². The highest BCUT2D eigenvalue weighted by molar-refractivity contribution is 5.94. The summed E-state index contributed by atoms with van der Waals surface area (Å²) in [5.41, 5.74) is -0.647. The Hall–Kier alpha value is -2.31. The van der Waals surface area contributed by atoms with Gasteiger partial charge in [0.1, 0.15) is 5.54 Å². The predicted octanol–water partition coefficient (Wildman–Crippen LogP) is 1.95. The Balaban J connectivity index is 2.05. The quantitative estimate of drug-likeness (QED) is 0.885. The first-order valence-corrected chi connectivity index (χ1v) is 6.88. The van der Waals surface area contributed by atoms with Gasteiger partial charge in [-0.2, -0.15) is 0 Å². The molecule has 1 atom stereocenters. The summed E-state index contributed by atoms with van der Waals surface area (Å²) in [6, 6.07) is 2.90. The van der Waals surface area contributed by atoms with Crippen LogP contribution >= 0.6 is 0 Å². The Labute approximate surface area is 122 Å². The van der Waals surface area contributed by atoms with Crippen molar-refractivity contribution in [3.05, 3.63) is 18.3 Å². The molecule has 0 saturated carbocycles. The van der Waals surface area contributed by atoms with Gasteiger partial charge in [-0.15, -0.1) is 0 Å². The molecule has 7 nitrogen and oxygen atoms in total. The summed E-state index contributed by atoms with van der Waals surface area (Å²) in [5, 5.41) is 12.0. The third kappa shape index (κ3) is 3.07. The van der Waals surface area contributed by atoms with Crippen molar-refractivity contribution >= 4 is 17.7 Å². The number of aromatic nitrogens is 1. The van der Waals surface area contributed by atoms with Gasteiger partial charge < -0.3 is 20.1 Å². The second-order valence-corrected chi connectivity index (χ2v) is 5.08. The number of ether oxygens (including phenoxy) is 1. The van der Waals surface area contributed by atoms with E-state index in [9.17, 15) is 14.7 Å². The number of hydrogen-bond donors (Lipinski definition) is 2. The monoisotopic (exact) mass is 293 g/mol. The summed E-state index contributed by atoms with van der Waals surface area (Å²) in [6.45, 7) is 4.37. The molecule has 1 unspecified atom stereocenters. The highest BCUT2D eigenvalue weighted by Crippen LogP contribution is 2.29. The van der Waals surface area contributed by atoms with Gasteiger partial charge in [-0.1, -0.05) is 0 Å². The highest BCUT2D eigenvalue weighted by atomic mass is 16.5. The molecule has 0 bridgehead atoms. The predicted molar refractivity (Wildman–Crippen MR) is 76.4 cm³/mol. The van der Waals surface area contributed by atoms with E-state index in [-0.39, 0.29) is 0 Å². The number of rotatable bonds is 4. The number of carboxylic acids is 1. The van der Waals surface area contributed by atoms with Crippen LogP contribution in [0.1, 0.15) is 26.7 Å². The van der Waals surface area contributed by atoms with E-state index in [4.69, 9.17) is 4.74 Å². The van der Waals surface area contributed by atoms with E-state index in [1.165, 1.54) is 11.1 Å². The number of carbonyl (C=O) groups excluding carboxylic acids is 1. The maximum absolute atomic E-state index is 12.2. The van der Waals surface area contributed by atoms with Gasteiger partial charge in [-0.25, -0.2) is 14.6 Å². The van der Waals surface area contributed by atoms with Gasteiger partial charge in [-0.3, -0.25) is 0 Å². The van der Waals surface area contributed by atoms with Gasteiger partial charge in [-0.05, 0) is 32.8 Å². The first kappa shape index (κ1) is 15.1. The van der Waals surface area contributed by atoms with Gasteiger partial charge in [0.15, 0.2) is 0 Å². The minimum absolute atomic E-state index is 0.427. The van der Waals surface area contributed by atoms with Crippen LogP contribution in [0.4, 0.5) is 10.5 Å². The van der Waals surface area contributed by atoms with Crippen molar-refractivity contribution in [2.45, 2.75) is 32.2 Å². The molecule has 2 rings (SSSR count). The van der Waals surface area contributed by atoms with E-state index in [2.05, 4.69) is 10.3 Å². The van der Waals surface area contributed by atoms with Crippen LogP contribution in [0.15, 0.2) is 18.3 Å². The van der Waals surface area contributed by atoms with Crippen LogP contribution in [0, 0.1) is 0 Å². The average molecular weight is 293 g/mol. The smallest absolute Gasteiger partial charge is 0.329 e. The first-order valence-electron chi connectivity index (χ1n) is 6.88. The molecule has 1 aromatic heterocycles. The number of nitrogens with zero attached hydrogens (tertiary/aromatic N) is 2. The molecule has 2 heterocycles. The largest absolute Gasteiger partial charge is 0.480 e. The molecule has 2 N–H and O–H groups in total. The maximum atomic E-state index is 12.2. The molecule has 0 radical (unpaired) electrons. The van der Waals surface area contributed by atoms with Crippen molar-refractivity contribution in [3.8, 4) is 5.88 Å². The molecular formula is C14H19N3O4. The number of hydrogen-bond acceptors (Lipinski definition) is 4. The second kappa shape index (κ2) is 5.99. The van der Waals surface area contributed by atoms with E-state index >= 15 is 0 Å². The first-order chi connectivity index (χ1) is 9.97. The summed E-state index contributed by atoms with van der Waals surface area (Å²) in [5.74, 6) is -0.507. The van der Waals surface area contributed by atoms with Gasteiger partial charge in [0, 0.05) is 12.6 Å². The Morgan fingerprint density at radius 3 is 2.86 bits per heavy atom. The molecule has 21 heavy (non-hydrogen) atoms. The number of likely N-dealkylation sites (tertiary alicyclic amines) is 1. The van der Waals surface area contributed by atoms with Gasteiger partial charge >= 0.3 is 12.0 Å². The standard InChI is InChI=1S/C14H19N3O4/c1-3-21-11-6-5-10(9-15-11)16-13(20)17-8-4-7-14(17,2)12(18)19/h5-6,9H,3-4,7-8H2,1-2H3,(H,16,20)(H,18,19). The number of carboxylic acid groups (broad SMARTS) is 1. The summed E-state index contributed by atoms with van der Waals surface area (Å²) < 4.78 is 5.22. The van der Waals surface area contributed by atoms with Crippen LogP contribution in [0.2, 0.25) is 0 Å². The third-order valence-corrected chi connectivity index (χ3v) is 3.63. The lowest BCUT2D eigenvalue weighted by atomic mass is 10.00. The fraction of sp³-hybridized carbons (Fsp3) is 0.500. The summed E-state index contributed by atoms with van der Waals surface area (Å²) >= 11 is 0. The highest BCUT2D eigenvalue weighted by Gasteiger charge is 2.46. The van der Waals surface area contributed by atoms with E-state index in [1.54, 1.807) is 19.1 Å². The number of anilines is 1. The molecule has 7 heteroatoms. The lowest BCUT2D eigenvalue weighted by Crippen LogP contribution is -2.52. The molecule has 1 fully saturated rings. The summed E-state index contributed by atoms with van der Waals surface area (Å²) in [7, 11) is 0. The van der Waals surface area contributed by atoms with E-state index in [1.807, 2.05) is 6.92 Å². The minimum atomic E-state index is -1.15. The zero-order chi connectivity index (χ0) is 15.5. The average Bonchev–Trinajstić information content (AvgIpc) is 2.85. The van der Waals surface area contributed by atoms with Crippen molar-refractivity contribution in [2.75, 3.05) is 18.5 Å². The fourth-order valence-electron chi connectivity index (χ4n) is 2.39.